The quantitative estimate of drug-likeness (QED) is 0.358. The van der Waals surface area contributed by atoms with Crippen LogP contribution in [-0.2, 0) is 25.5 Å². The summed E-state index contributed by atoms with van der Waals surface area (Å²) in [5, 5.41) is 1.12. The minimum absolute atomic E-state index is 0.225. The molecule has 0 aliphatic rings. The first-order chi connectivity index (χ1) is 13.7. The smallest absolute Gasteiger partial charge is 0.320 e. The molecule has 0 saturated heterocycles. The van der Waals surface area contributed by atoms with Crippen LogP contribution in [-0.4, -0.2) is 35.7 Å². The minimum Gasteiger partial charge on any atom is -0.468 e. The van der Waals surface area contributed by atoms with Gasteiger partial charge in [-0.15, -0.1) is 0 Å². The van der Waals surface area contributed by atoms with Gasteiger partial charge in [0.05, 0.1) is 19.7 Å². The summed E-state index contributed by atoms with van der Waals surface area (Å²) in [5.41, 5.74) is 2.13. The number of benzene rings is 1. The van der Waals surface area contributed by atoms with Crippen LogP contribution in [0.1, 0.15) is 12.1 Å². The fourth-order valence-corrected chi connectivity index (χ4v) is 3.13. The largest absolute Gasteiger partial charge is 0.468 e. The van der Waals surface area contributed by atoms with Crippen LogP contribution in [0, 0.1) is 5.92 Å². The molecule has 28 heavy (non-hydrogen) atoms. The van der Waals surface area contributed by atoms with E-state index in [1.165, 1.54) is 14.2 Å². The first-order valence-corrected chi connectivity index (χ1v) is 8.97. The van der Waals surface area contributed by atoms with Gasteiger partial charge in [0.25, 0.3) is 0 Å². The summed E-state index contributed by atoms with van der Waals surface area (Å²) in [6, 6.07) is 16.0. The van der Waals surface area contributed by atoms with Crippen molar-refractivity contribution in [1.29, 1.82) is 0 Å². The van der Waals surface area contributed by atoms with E-state index in [1.54, 1.807) is 12.3 Å². The van der Waals surface area contributed by atoms with Gasteiger partial charge in [0.1, 0.15) is 5.82 Å². The van der Waals surface area contributed by atoms with Crippen LogP contribution < -0.4 is 0 Å². The number of aromatic nitrogens is 2. The van der Waals surface area contributed by atoms with Crippen molar-refractivity contribution in [2.75, 3.05) is 14.2 Å². The van der Waals surface area contributed by atoms with Crippen LogP contribution in [0.4, 0.5) is 0 Å². The number of fused-ring (bicyclic) bond motifs is 1. The number of rotatable bonds is 7. The van der Waals surface area contributed by atoms with Gasteiger partial charge in [-0.1, -0.05) is 36.4 Å². The molecule has 0 bridgehead atoms. The van der Waals surface area contributed by atoms with Crippen molar-refractivity contribution >= 4 is 22.8 Å². The Bertz CT molecular complexity index is 976. The van der Waals surface area contributed by atoms with Crippen LogP contribution >= 0.6 is 0 Å². The van der Waals surface area contributed by atoms with E-state index in [-0.39, 0.29) is 6.42 Å². The highest BCUT2D eigenvalue weighted by molar-refractivity contribution is 5.95. The second-order valence-electron chi connectivity index (χ2n) is 6.23. The molecule has 0 saturated carbocycles. The number of nitrogens with zero attached hydrogens (tertiary/aromatic N) is 2. The predicted molar refractivity (Wildman–Crippen MR) is 106 cm³/mol. The fraction of sp³-hybridized carbons (Fsp3) is 0.227. The van der Waals surface area contributed by atoms with E-state index >= 15 is 0 Å². The minimum atomic E-state index is -0.951. The summed E-state index contributed by atoms with van der Waals surface area (Å²) in [6.45, 7) is 0. The topological polar surface area (TPSA) is 70.4 Å². The SMILES string of the molecule is COC(=O)C(C/C=C/Cc1cc2ccccc2n1-c1ccccn1)C(=O)OC. The molecule has 3 rings (SSSR count). The molecule has 0 N–H and O–H groups in total. The first-order valence-electron chi connectivity index (χ1n) is 8.97. The van der Waals surface area contributed by atoms with Gasteiger partial charge in [0.15, 0.2) is 5.92 Å². The monoisotopic (exact) mass is 378 g/mol. The zero-order chi connectivity index (χ0) is 19.9. The number of methoxy groups -OCH3 is 2. The molecule has 0 atom stereocenters. The van der Waals surface area contributed by atoms with Crippen LogP contribution in [0.15, 0.2) is 66.9 Å². The molecule has 0 aliphatic heterocycles. The third-order valence-corrected chi connectivity index (χ3v) is 4.50. The molecule has 2 aromatic heterocycles. The molecule has 0 aliphatic carbocycles. The Morgan fingerprint density at radius 1 is 1.04 bits per heavy atom. The van der Waals surface area contributed by atoms with Gasteiger partial charge < -0.3 is 9.47 Å². The van der Waals surface area contributed by atoms with Crippen molar-refractivity contribution in [3.8, 4) is 5.82 Å². The van der Waals surface area contributed by atoms with E-state index in [2.05, 4.69) is 37.2 Å². The summed E-state index contributed by atoms with van der Waals surface area (Å²) in [7, 11) is 2.51. The van der Waals surface area contributed by atoms with E-state index in [0.717, 1.165) is 22.4 Å². The summed E-state index contributed by atoms with van der Waals surface area (Å²) >= 11 is 0. The lowest BCUT2D eigenvalue weighted by atomic mass is 10.1. The van der Waals surface area contributed by atoms with Gasteiger partial charge in [-0.25, -0.2) is 4.98 Å². The Hall–Kier alpha value is -3.41. The first kappa shape index (κ1) is 19.4. The van der Waals surface area contributed by atoms with Gasteiger partial charge in [-0.3, -0.25) is 14.2 Å². The Morgan fingerprint density at radius 3 is 2.43 bits per heavy atom. The molecule has 3 aromatic rings. The van der Waals surface area contributed by atoms with Crippen LogP contribution in [0.3, 0.4) is 0 Å². The van der Waals surface area contributed by atoms with Crippen molar-refractivity contribution in [1.82, 2.24) is 9.55 Å². The lowest BCUT2D eigenvalue weighted by Gasteiger charge is -2.10. The van der Waals surface area contributed by atoms with E-state index in [4.69, 9.17) is 0 Å². The average Bonchev–Trinajstić information content (AvgIpc) is 3.11. The number of pyridine rings is 1. The van der Waals surface area contributed by atoms with Gasteiger partial charge in [-0.05, 0) is 30.7 Å². The Kier molecular flexibility index (Phi) is 6.22. The number of para-hydroxylation sites is 1. The molecular weight excluding hydrogens is 356 g/mol. The van der Waals surface area contributed by atoms with E-state index in [1.807, 2.05) is 36.4 Å². The molecule has 6 heteroatoms. The fourth-order valence-electron chi connectivity index (χ4n) is 3.13. The molecule has 1 aromatic carbocycles. The van der Waals surface area contributed by atoms with E-state index < -0.39 is 17.9 Å². The van der Waals surface area contributed by atoms with E-state index in [9.17, 15) is 9.59 Å². The van der Waals surface area contributed by atoms with Crippen molar-refractivity contribution in [2.45, 2.75) is 12.8 Å². The lowest BCUT2D eigenvalue weighted by Crippen LogP contribution is -2.25. The second-order valence-corrected chi connectivity index (χ2v) is 6.23. The van der Waals surface area contributed by atoms with Crippen LogP contribution in [0.5, 0.6) is 0 Å². The predicted octanol–water partition coefficient (Wildman–Crippen LogP) is 3.48. The summed E-state index contributed by atoms with van der Waals surface area (Å²) in [6.07, 6.45) is 6.36. The van der Waals surface area contributed by atoms with Crippen LogP contribution in [0.2, 0.25) is 0 Å². The number of hydrogen-bond donors (Lipinski definition) is 0. The lowest BCUT2D eigenvalue weighted by molar-refractivity contribution is -0.158. The number of allylic oxidation sites excluding steroid dienone is 2. The third kappa shape index (κ3) is 4.11. The third-order valence-electron chi connectivity index (χ3n) is 4.50. The molecule has 0 radical (unpaired) electrons. The Balaban J connectivity index is 1.84. The average molecular weight is 378 g/mol. The van der Waals surface area contributed by atoms with Crippen molar-refractivity contribution in [3.63, 3.8) is 0 Å². The zero-order valence-electron chi connectivity index (χ0n) is 15.9. The maximum atomic E-state index is 11.8. The van der Waals surface area contributed by atoms with Crippen molar-refractivity contribution in [3.05, 3.63) is 72.6 Å². The Morgan fingerprint density at radius 2 is 1.75 bits per heavy atom. The highest BCUT2D eigenvalue weighted by Crippen LogP contribution is 2.24. The molecular formula is C22H22N2O4. The zero-order valence-corrected chi connectivity index (χ0v) is 15.9. The molecule has 0 amide bonds. The molecule has 0 unspecified atom stereocenters. The van der Waals surface area contributed by atoms with Crippen LogP contribution in [0.25, 0.3) is 16.7 Å². The Labute approximate surface area is 163 Å². The number of hydrogen-bond acceptors (Lipinski definition) is 5. The highest BCUT2D eigenvalue weighted by Gasteiger charge is 2.27. The maximum absolute atomic E-state index is 11.8. The van der Waals surface area contributed by atoms with Gasteiger partial charge in [-0.2, -0.15) is 0 Å². The summed E-state index contributed by atoms with van der Waals surface area (Å²) in [5.74, 6) is -1.31. The number of esters is 2. The summed E-state index contributed by atoms with van der Waals surface area (Å²) < 4.78 is 11.5. The van der Waals surface area contributed by atoms with Gasteiger partial charge in [0.2, 0.25) is 0 Å². The maximum Gasteiger partial charge on any atom is 0.320 e. The second kappa shape index (κ2) is 8.99. The summed E-state index contributed by atoms with van der Waals surface area (Å²) in [4.78, 5) is 28.0. The molecule has 0 fully saturated rings. The normalized spacial score (nSPS) is 11.2. The molecule has 0 spiro atoms. The molecule has 6 nitrogen and oxygen atoms in total. The van der Waals surface area contributed by atoms with Crippen molar-refractivity contribution < 1.29 is 19.1 Å². The molecule has 2 heterocycles. The number of carbonyl (C=O) groups is 2. The molecule has 144 valence electrons. The number of ether oxygens (including phenoxy) is 2. The standard InChI is InChI=1S/C22H22N2O4/c1-27-21(25)18(22(26)28-2)11-5-4-10-17-15-16-9-3-6-12-19(16)24(17)20-13-7-8-14-23-20/h3-9,12-15,18H,10-11H2,1-2H3/b5-4+. The highest BCUT2D eigenvalue weighted by atomic mass is 16.5. The van der Waals surface area contributed by atoms with Gasteiger partial charge >= 0.3 is 11.9 Å². The number of carbonyl (C=O) groups excluding carboxylic acids is 2. The van der Waals surface area contributed by atoms with E-state index in [0.29, 0.717) is 6.42 Å². The van der Waals surface area contributed by atoms with Gasteiger partial charge in [0, 0.05) is 23.7 Å². The van der Waals surface area contributed by atoms with Crippen molar-refractivity contribution in [2.24, 2.45) is 5.92 Å².